The van der Waals surface area contributed by atoms with Crippen molar-refractivity contribution in [3.63, 3.8) is 0 Å². The van der Waals surface area contributed by atoms with Gasteiger partial charge in [-0.3, -0.25) is 0 Å². The number of nitrogen functional groups attached to an aromatic ring is 1. The molecule has 0 aliphatic heterocycles. The van der Waals surface area contributed by atoms with Gasteiger partial charge in [0.1, 0.15) is 29.5 Å². The Labute approximate surface area is 244 Å². The smallest absolute Gasteiger partial charge is 0.377 e. The molecule has 5 aromatic rings. The van der Waals surface area contributed by atoms with Gasteiger partial charge in [-0.15, -0.1) is 0 Å². The number of benzene rings is 1. The summed E-state index contributed by atoms with van der Waals surface area (Å²) in [6, 6.07) is 9.87. The Balaban J connectivity index is 1.25. The number of nitrogens with one attached hydrogen (secondary N) is 1. The molecule has 216 valence electrons. The van der Waals surface area contributed by atoms with Gasteiger partial charge in [-0.2, -0.15) is 4.98 Å². The number of nitrogens with two attached hydrogens (primary N) is 1. The van der Waals surface area contributed by atoms with Crippen LogP contribution in [0.25, 0.3) is 16.4 Å². The van der Waals surface area contributed by atoms with Crippen LogP contribution in [0.3, 0.4) is 0 Å². The number of imidazole rings is 1. The topological polar surface area (TPSA) is 130 Å². The Hall–Kier alpha value is -4.73. The van der Waals surface area contributed by atoms with E-state index < -0.39 is 11.6 Å². The highest BCUT2D eigenvalue weighted by atomic mass is 16.6. The van der Waals surface area contributed by atoms with Crippen molar-refractivity contribution < 1.29 is 14.3 Å². The Bertz CT molecular complexity index is 1820. The van der Waals surface area contributed by atoms with E-state index in [1.807, 2.05) is 35.7 Å². The standard InChI is InChI=1S/C32H35N7O3/c1-18-12-24-23(10-11-34-29(24)33)19(2)25(18)14-35-26-13-28(38-30(37-26)31(40)42-32(3,4)5)41-17-22-16-39-15-21(20-6-7-20)8-9-27(39)36-22/h8-13,15-16,20H,6-7,14,17H2,1-5H3,(H2,33,34)(H,35,37,38). The van der Waals surface area contributed by atoms with Gasteiger partial charge in [-0.25, -0.2) is 19.7 Å². The van der Waals surface area contributed by atoms with E-state index in [1.54, 1.807) is 33.0 Å². The third-order valence-electron chi connectivity index (χ3n) is 7.39. The zero-order valence-corrected chi connectivity index (χ0v) is 24.6. The predicted octanol–water partition coefficient (Wildman–Crippen LogP) is 5.90. The number of nitrogens with zero attached hydrogens (tertiary/aromatic N) is 5. The molecule has 1 aliphatic carbocycles. The molecule has 1 aliphatic rings. The molecule has 1 fully saturated rings. The van der Waals surface area contributed by atoms with Crippen LogP contribution in [-0.2, 0) is 17.9 Å². The number of rotatable bonds is 8. The van der Waals surface area contributed by atoms with E-state index in [-0.39, 0.29) is 18.3 Å². The molecule has 3 N–H and O–H groups in total. The summed E-state index contributed by atoms with van der Waals surface area (Å²) >= 11 is 0. The Morgan fingerprint density at radius 3 is 2.64 bits per heavy atom. The van der Waals surface area contributed by atoms with Crippen molar-refractivity contribution in [1.82, 2.24) is 24.3 Å². The highest BCUT2D eigenvalue weighted by Gasteiger charge is 2.24. The van der Waals surface area contributed by atoms with Crippen LogP contribution in [-0.4, -0.2) is 35.9 Å². The summed E-state index contributed by atoms with van der Waals surface area (Å²) < 4.78 is 13.6. The lowest BCUT2D eigenvalue weighted by Gasteiger charge is -2.19. The number of fused-ring (bicyclic) bond motifs is 2. The van der Waals surface area contributed by atoms with E-state index in [1.165, 1.54) is 18.4 Å². The fraction of sp³-hybridized carbons (Fsp3) is 0.344. The minimum atomic E-state index is -0.698. The first kappa shape index (κ1) is 27.4. The number of aryl methyl sites for hydroxylation is 2. The number of anilines is 2. The predicted molar refractivity (Wildman–Crippen MR) is 162 cm³/mol. The molecule has 10 heteroatoms. The average molecular weight is 566 g/mol. The van der Waals surface area contributed by atoms with Gasteiger partial charge in [-0.05, 0) is 99.2 Å². The fourth-order valence-corrected chi connectivity index (χ4v) is 5.12. The van der Waals surface area contributed by atoms with Crippen molar-refractivity contribution in [3.8, 4) is 5.88 Å². The molecule has 4 heterocycles. The van der Waals surface area contributed by atoms with Crippen LogP contribution in [0.4, 0.5) is 11.6 Å². The number of hydrogen-bond donors (Lipinski definition) is 2. The monoisotopic (exact) mass is 565 g/mol. The van der Waals surface area contributed by atoms with Gasteiger partial charge in [0, 0.05) is 36.6 Å². The molecule has 0 spiro atoms. The fourth-order valence-electron chi connectivity index (χ4n) is 5.12. The lowest BCUT2D eigenvalue weighted by atomic mass is 9.96. The van der Waals surface area contributed by atoms with E-state index >= 15 is 0 Å². The molecule has 0 radical (unpaired) electrons. The number of carbonyl (C=O) groups excluding carboxylic acids is 1. The molecule has 0 saturated heterocycles. The first-order chi connectivity index (χ1) is 20.0. The highest BCUT2D eigenvalue weighted by Crippen LogP contribution is 2.40. The number of ether oxygens (including phenoxy) is 2. The van der Waals surface area contributed by atoms with Crippen LogP contribution in [0, 0.1) is 13.8 Å². The van der Waals surface area contributed by atoms with Crippen molar-refractivity contribution in [2.45, 2.75) is 72.1 Å². The van der Waals surface area contributed by atoms with E-state index in [4.69, 9.17) is 15.2 Å². The van der Waals surface area contributed by atoms with Crippen molar-refractivity contribution in [1.29, 1.82) is 0 Å². The second-order valence-electron chi connectivity index (χ2n) is 11.9. The van der Waals surface area contributed by atoms with Crippen LogP contribution < -0.4 is 15.8 Å². The summed E-state index contributed by atoms with van der Waals surface area (Å²) in [6.07, 6.45) is 8.30. The maximum Gasteiger partial charge on any atom is 0.377 e. The van der Waals surface area contributed by atoms with E-state index in [0.717, 1.165) is 38.8 Å². The first-order valence-corrected chi connectivity index (χ1v) is 14.1. The molecule has 0 unspecified atom stereocenters. The van der Waals surface area contributed by atoms with Crippen LogP contribution in [0.2, 0.25) is 0 Å². The summed E-state index contributed by atoms with van der Waals surface area (Å²) in [5, 5.41) is 5.33. The molecule has 1 aromatic carbocycles. The lowest BCUT2D eigenvalue weighted by Crippen LogP contribution is -2.25. The average Bonchev–Trinajstić information content (AvgIpc) is 3.70. The van der Waals surface area contributed by atoms with Gasteiger partial charge in [0.2, 0.25) is 11.7 Å². The summed E-state index contributed by atoms with van der Waals surface area (Å²) in [5.41, 5.74) is 11.6. The van der Waals surface area contributed by atoms with E-state index in [2.05, 4.69) is 44.4 Å². The quantitative estimate of drug-likeness (QED) is 0.221. The second-order valence-corrected chi connectivity index (χ2v) is 11.9. The molecular formula is C32H35N7O3. The van der Waals surface area contributed by atoms with Gasteiger partial charge in [0.05, 0.1) is 5.69 Å². The SMILES string of the molecule is Cc1cc2c(N)nccc2c(C)c1CNc1cc(OCc2cn3cc(C4CC4)ccc3n2)nc(C(=O)OC(C)(C)C)n1. The Kier molecular flexibility index (Phi) is 6.92. The van der Waals surface area contributed by atoms with Gasteiger partial charge >= 0.3 is 5.97 Å². The number of hydrogen-bond acceptors (Lipinski definition) is 9. The normalized spacial score (nSPS) is 13.5. The van der Waals surface area contributed by atoms with Crippen molar-refractivity contribution in [2.75, 3.05) is 11.1 Å². The summed E-state index contributed by atoms with van der Waals surface area (Å²) in [7, 11) is 0. The third kappa shape index (κ3) is 5.83. The maximum absolute atomic E-state index is 12.9. The van der Waals surface area contributed by atoms with E-state index in [0.29, 0.717) is 24.1 Å². The Morgan fingerprint density at radius 2 is 1.88 bits per heavy atom. The van der Waals surface area contributed by atoms with E-state index in [9.17, 15) is 4.79 Å². The molecule has 10 nitrogen and oxygen atoms in total. The molecule has 6 rings (SSSR count). The summed E-state index contributed by atoms with van der Waals surface area (Å²) in [4.78, 5) is 30.7. The molecule has 0 amide bonds. The van der Waals surface area contributed by atoms with Crippen LogP contribution >= 0.6 is 0 Å². The molecular weight excluding hydrogens is 530 g/mol. The zero-order valence-electron chi connectivity index (χ0n) is 24.6. The minimum Gasteiger partial charge on any atom is -0.471 e. The maximum atomic E-state index is 12.9. The van der Waals surface area contributed by atoms with Crippen LogP contribution in [0.1, 0.15) is 78.1 Å². The first-order valence-electron chi connectivity index (χ1n) is 14.1. The lowest BCUT2D eigenvalue weighted by molar-refractivity contribution is 0.00544. The second kappa shape index (κ2) is 10.6. The Morgan fingerprint density at radius 1 is 1.07 bits per heavy atom. The number of carbonyl (C=O) groups is 1. The van der Waals surface area contributed by atoms with Gasteiger partial charge < -0.3 is 24.9 Å². The van der Waals surface area contributed by atoms with Crippen LogP contribution in [0.15, 0.2) is 48.9 Å². The molecule has 0 atom stereocenters. The highest BCUT2D eigenvalue weighted by molar-refractivity contribution is 5.94. The molecule has 0 bridgehead atoms. The largest absolute Gasteiger partial charge is 0.471 e. The number of pyridine rings is 2. The van der Waals surface area contributed by atoms with Crippen molar-refractivity contribution in [2.24, 2.45) is 0 Å². The molecule has 4 aromatic heterocycles. The van der Waals surface area contributed by atoms with Crippen molar-refractivity contribution >= 4 is 34.0 Å². The number of aromatic nitrogens is 5. The van der Waals surface area contributed by atoms with Crippen molar-refractivity contribution in [3.05, 3.63) is 82.7 Å². The molecule has 42 heavy (non-hydrogen) atoms. The summed E-state index contributed by atoms with van der Waals surface area (Å²) in [6.45, 7) is 10.2. The van der Waals surface area contributed by atoms with Crippen LogP contribution in [0.5, 0.6) is 5.88 Å². The third-order valence-corrected chi connectivity index (χ3v) is 7.39. The summed E-state index contributed by atoms with van der Waals surface area (Å²) in [5.74, 6) is 1.14. The molecule has 1 saturated carbocycles. The minimum absolute atomic E-state index is 0.0835. The van der Waals surface area contributed by atoms with Gasteiger partial charge in [0.25, 0.3) is 0 Å². The van der Waals surface area contributed by atoms with Gasteiger partial charge in [-0.1, -0.05) is 6.07 Å². The zero-order chi connectivity index (χ0) is 29.6. The number of esters is 1. The van der Waals surface area contributed by atoms with Gasteiger partial charge in [0.15, 0.2) is 0 Å².